The topological polar surface area (TPSA) is 141 Å². The first kappa shape index (κ1) is 24.1. The number of piperazine rings is 1. The minimum absolute atomic E-state index is 0.185. The molecule has 2 aliphatic heterocycles. The molecule has 0 spiro atoms. The molecule has 0 saturated carbocycles. The van der Waals surface area contributed by atoms with Gasteiger partial charge in [0.2, 0.25) is 10.0 Å². The average Bonchev–Trinajstić information content (AvgIpc) is 3.27. The van der Waals surface area contributed by atoms with Gasteiger partial charge in [-0.15, -0.1) is 16.5 Å². The Labute approximate surface area is 211 Å². The number of benzene rings is 2. The van der Waals surface area contributed by atoms with Gasteiger partial charge in [0.15, 0.2) is 5.01 Å². The highest BCUT2D eigenvalue weighted by Crippen LogP contribution is 2.30. The number of carbonyl (C=O) groups excluding carboxylic acids is 1. The molecule has 1 fully saturated rings. The lowest BCUT2D eigenvalue weighted by Gasteiger charge is -2.33. The van der Waals surface area contributed by atoms with Crippen molar-refractivity contribution in [2.45, 2.75) is 23.5 Å². The van der Waals surface area contributed by atoms with E-state index >= 15 is 0 Å². The molecule has 0 radical (unpaired) electrons. The van der Waals surface area contributed by atoms with Crippen LogP contribution in [-0.4, -0.2) is 72.3 Å². The number of sulfonamides is 1. The van der Waals surface area contributed by atoms with Crippen LogP contribution < -0.4 is 11.1 Å². The van der Waals surface area contributed by atoms with E-state index in [1.807, 2.05) is 0 Å². The number of hydrogen-bond acceptors (Lipinski definition) is 9. The standard InChI is InChI=1S/C22H23ClN6O4S2/c23-15-3-1-14-10-16(4-2-13(14)9-15)35(32,33)29-7-5-28(6-8-29)22(30)21-27-17-11-19(24)26-18(12-25-31)20(17)34-21/h1-4,9-10,12,18-19,26,31H,5-8,11,24H2. The molecule has 2 aromatic carbocycles. The maximum absolute atomic E-state index is 13.2. The summed E-state index contributed by atoms with van der Waals surface area (Å²) in [4.78, 5) is 20.2. The molecule has 1 aromatic heterocycles. The molecule has 35 heavy (non-hydrogen) atoms. The Kier molecular flexibility index (Phi) is 6.51. The van der Waals surface area contributed by atoms with Crippen LogP contribution in [0.5, 0.6) is 0 Å². The van der Waals surface area contributed by atoms with Gasteiger partial charge in [0.25, 0.3) is 5.91 Å². The molecule has 13 heteroatoms. The van der Waals surface area contributed by atoms with Gasteiger partial charge in [0.05, 0.1) is 33.9 Å². The molecular formula is C22H23ClN6O4S2. The third-order valence-corrected chi connectivity index (χ3v) is 9.45. The lowest BCUT2D eigenvalue weighted by Crippen LogP contribution is -2.50. The SMILES string of the molecule is NC1Cc2nc(C(=O)N3CCN(S(=O)(=O)c4ccc5cc(Cl)ccc5c4)CC3)sc2C(C=NO)N1. The van der Waals surface area contributed by atoms with Crippen molar-refractivity contribution < 1.29 is 18.4 Å². The number of nitrogens with two attached hydrogens (primary N) is 1. The van der Waals surface area contributed by atoms with Crippen LogP contribution in [0.1, 0.15) is 26.4 Å². The van der Waals surface area contributed by atoms with Gasteiger partial charge in [0.1, 0.15) is 0 Å². The third-order valence-electron chi connectivity index (χ3n) is 6.15. The number of rotatable bonds is 4. The number of thiazole rings is 1. The van der Waals surface area contributed by atoms with Crippen molar-refractivity contribution in [1.82, 2.24) is 19.5 Å². The molecule has 10 nitrogen and oxygen atoms in total. The maximum Gasteiger partial charge on any atom is 0.282 e. The highest BCUT2D eigenvalue weighted by atomic mass is 35.5. The molecule has 3 aromatic rings. The monoisotopic (exact) mass is 534 g/mol. The van der Waals surface area contributed by atoms with E-state index in [4.69, 9.17) is 22.5 Å². The summed E-state index contributed by atoms with van der Waals surface area (Å²) in [7, 11) is -3.71. The van der Waals surface area contributed by atoms with Crippen LogP contribution in [-0.2, 0) is 16.4 Å². The van der Waals surface area contributed by atoms with Gasteiger partial charge >= 0.3 is 0 Å². The maximum atomic E-state index is 13.2. The molecule has 0 bridgehead atoms. The van der Waals surface area contributed by atoms with Crippen LogP contribution in [0.4, 0.5) is 0 Å². The zero-order valence-electron chi connectivity index (χ0n) is 18.5. The van der Waals surface area contributed by atoms with E-state index < -0.39 is 16.1 Å². The Morgan fingerprint density at radius 3 is 2.66 bits per heavy atom. The van der Waals surface area contributed by atoms with Crippen LogP contribution in [0.3, 0.4) is 0 Å². The predicted molar refractivity (Wildman–Crippen MR) is 134 cm³/mol. The molecule has 2 aliphatic rings. The van der Waals surface area contributed by atoms with E-state index in [2.05, 4.69) is 15.5 Å². The summed E-state index contributed by atoms with van der Waals surface area (Å²) < 4.78 is 27.9. The second-order valence-electron chi connectivity index (χ2n) is 8.40. The number of nitrogens with one attached hydrogen (secondary N) is 1. The Morgan fingerprint density at radius 1 is 1.20 bits per heavy atom. The van der Waals surface area contributed by atoms with Crippen molar-refractivity contribution in [1.29, 1.82) is 0 Å². The fourth-order valence-corrected chi connectivity index (χ4v) is 7.09. The quantitative estimate of drug-likeness (QED) is 0.264. The number of amides is 1. The molecule has 1 saturated heterocycles. The third kappa shape index (κ3) is 4.65. The first-order chi connectivity index (χ1) is 16.8. The Bertz CT molecular complexity index is 1420. The van der Waals surface area contributed by atoms with Gasteiger partial charge in [-0.05, 0) is 35.0 Å². The average molecular weight is 535 g/mol. The molecule has 3 heterocycles. The van der Waals surface area contributed by atoms with Gasteiger partial charge in [-0.25, -0.2) is 13.4 Å². The Hall–Kier alpha value is -2.61. The summed E-state index contributed by atoms with van der Waals surface area (Å²) in [6, 6.07) is 9.85. The van der Waals surface area contributed by atoms with E-state index in [1.165, 1.54) is 21.9 Å². The van der Waals surface area contributed by atoms with Crippen LogP contribution >= 0.6 is 22.9 Å². The van der Waals surface area contributed by atoms with Crippen LogP contribution in [0.25, 0.3) is 10.8 Å². The minimum atomic E-state index is -3.71. The number of oxime groups is 1. The van der Waals surface area contributed by atoms with Crippen molar-refractivity contribution in [3.63, 3.8) is 0 Å². The number of fused-ring (bicyclic) bond motifs is 2. The van der Waals surface area contributed by atoms with E-state index in [1.54, 1.807) is 41.3 Å². The zero-order valence-corrected chi connectivity index (χ0v) is 20.9. The zero-order chi connectivity index (χ0) is 24.7. The number of hydrogen-bond donors (Lipinski definition) is 3. The van der Waals surface area contributed by atoms with Crippen molar-refractivity contribution in [3.05, 3.63) is 57.0 Å². The second-order valence-corrected chi connectivity index (χ2v) is 11.8. The second kappa shape index (κ2) is 9.45. The van der Waals surface area contributed by atoms with E-state index in [9.17, 15) is 13.2 Å². The number of carbonyl (C=O) groups is 1. The van der Waals surface area contributed by atoms with Crippen molar-refractivity contribution in [2.24, 2.45) is 10.9 Å². The first-order valence-corrected chi connectivity index (χ1v) is 13.6. The number of nitrogens with zero attached hydrogens (tertiary/aromatic N) is 4. The molecule has 5 rings (SSSR count). The van der Waals surface area contributed by atoms with E-state index in [0.717, 1.165) is 15.6 Å². The fraction of sp³-hybridized carbons (Fsp3) is 0.318. The van der Waals surface area contributed by atoms with Crippen molar-refractivity contribution in [3.8, 4) is 0 Å². The van der Waals surface area contributed by atoms with Gasteiger partial charge in [0, 0.05) is 37.6 Å². The summed E-state index contributed by atoms with van der Waals surface area (Å²) in [5.41, 5.74) is 6.69. The summed E-state index contributed by atoms with van der Waals surface area (Å²) in [6.07, 6.45) is 1.41. The first-order valence-electron chi connectivity index (χ1n) is 10.9. The summed E-state index contributed by atoms with van der Waals surface area (Å²) in [5, 5.41) is 17.7. The predicted octanol–water partition coefficient (Wildman–Crippen LogP) is 2.03. The van der Waals surface area contributed by atoms with Crippen LogP contribution in [0, 0.1) is 0 Å². The smallest absolute Gasteiger partial charge is 0.282 e. The molecule has 4 N–H and O–H groups in total. The van der Waals surface area contributed by atoms with E-state index in [0.29, 0.717) is 22.1 Å². The van der Waals surface area contributed by atoms with Crippen molar-refractivity contribution in [2.75, 3.05) is 26.2 Å². The van der Waals surface area contributed by atoms with Crippen molar-refractivity contribution >= 4 is 55.9 Å². The molecule has 2 atom stereocenters. The fourth-order valence-electron chi connectivity index (χ4n) is 4.37. The molecule has 2 unspecified atom stereocenters. The van der Waals surface area contributed by atoms with Crippen LogP contribution in [0.2, 0.25) is 5.02 Å². The minimum Gasteiger partial charge on any atom is -0.411 e. The highest BCUT2D eigenvalue weighted by Gasteiger charge is 2.34. The Morgan fingerprint density at radius 2 is 1.91 bits per heavy atom. The van der Waals surface area contributed by atoms with Gasteiger partial charge in [-0.1, -0.05) is 23.7 Å². The highest BCUT2D eigenvalue weighted by molar-refractivity contribution is 7.89. The molecule has 0 aliphatic carbocycles. The van der Waals surface area contributed by atoms with Gasteiger partial charge in [-0.2, -0.15) is 4.31 Å². The van der Waals surface area contributed by atoms with Crippen LogP contribution in [0.15, 0.2) is 46.4 Å². The lowest BCUT2D eigenvalue weighted by atomic mass is 10.1. The summed E-state index contributed by atoms with van der Waals surface area (Å²) in [6.45, 7) is 0.879. The Balaban J connectivity index is 1.29. The molecule has 1 amide bonds. The van der Waals surface area contributed by atoms with E-state index in [-0.39, 0.29) is 43.1 Å². The summed E-state index contributed by atoms with van der Waals surface area (Å²) in [5.74, 6) is -0.253. The van der Waals surface area contributed by atoms with Gasteiger partial charge in [-0.3, -0.25) is 10.1 Å². The number of aromatic nitrogens is 1. The normalized spacial score (nSPS) is 21.5. The number of halogens is 1. The van der Waals surface area contributed by atoms with Gasteiger partial charge < -0.3 is 15.8 Å². The lowest BCUT2D eigenvalue weighted by molar-refractivity contribution is 0.0697. The molecule has 184 valence electrons. The largest absolute Gasteiger partial charge is 0.411 e. The molecular weight excluding hydrogens is 512 g/mol. The summed E-state index contributed by atoms with van der Waals surface area (Å²) >= 11 is 7.25.